The van der Waals surface area contributed by atoms with Crippen molar-refractivity contribution in [3.8, 4) is 5.75 Å². The maximum atomic E-state index is 13.1. The predicted octanol–water partition coefficient (Wildman–Crippen LogP) is 2.70. The predicted molar refractivity (Wildman–Crippen MR) is 79.8 cm³/mol. The summed E-state index contributed by atoms with van der Waals surface area (Å²) in [7, 11) is -2.71. The lowest BCUT2D eigenvalue weighted by Gasteiger charge is -2.10. The van der Waals surface area contributed by atoms with Crippen LogP contribution in [0.4, 0.5) is 10.1 Å². The Labute approximate surface area is 130 Å². The van der Waals surface area contributed by atoms with Crippen molar-refractivity contribution in [2.45, 2.75) is 11.1 Å². The van der Waals surface area contributed by atoms with Gasteiger partial charge in [0.1, 0.15) is 20.7 Å². The van der Waals surface area contributed by atoms with Crippen LogP contribution in [0.15, 0.2) is 28.5 Å². The Morgan fingerprint density at radius 2 is 2.05 bits per heavy atom. The standard InChI is InChI=1S/C13H12FNO5S2/c1-7-5-11(21-12(7)13(16)17)22(18,19)15-9-4-3-8(14)6-10(9)20-2/h3-6,15H,1-2H3,(H,16,17). The molecule has 0 aliphatic heterocycles. The average molecular weight is 345 g/mol. The first kappa shape index (κ1) is 16.2. The van der Waals surface area contributed by atoms with Crippen LogP contribution in [-0.2, 0) is 10.0 Å². The molecule has 0 bridgehead atoms. The lowest BCUT2D eigenvalue weighted by atomic mass is 10.3. The molecule has 22 heavy (non-hydrogen) atoms. The summed E-state index contributed by atoms with van der Waals surface area (Å²) in [6, 6.07) is 4.62. The second-order valence-corrected chi connectivity index (χ2v) is 7.29. The molecule has 0 spiro atoms. The quantitative estimate of drug-likeness (QED) is 0.869. The highest BCUT2D eigenvalue weighted by molar-refractivity contribution is 7.94. The lowest BCUT2D eigenvalue weighted by molar-refractivity contribution is 0.0701. The van der Waals surface area contributed by atoms with E-state index in [-0.39, 0.29) is 20.5 Å². The van der Waals surface area contributed by atoms with Gasteiger partial charge in [0, 0.05) is 6.07 Å². The molecular formula is C13H12FNO5S2. The van der Waals surface area contributed by atoms with Crippen LogP contribution in [0.25, 0.3) is 0 Å². The summed E-state index contributed by atoms with van der Waals surface area (Å²) in [5.74, 6) is -1.74. The lowest BCUT2D eigenvalue weighted by Crippen LogP contribution is -2.12. The van der Waals surface area contributed by atoms with Gasteiger partial charge in [0.25, 0.3) is 10.0 Å². The van der Waals surface area contributed by atoms with Gasteiger partial charge >= 0.3 is 5.97 Å². The minimum absolute atomic E-state index is 0.0234. The number of benzene rings is 1. The van der Waals surface area contributed by atoms with Gasteiger partial charge in [-0.3, -0.25) is 4.72 Å². The number of aromatic carboxylic acids is 1. The number of sulfonamides is 1. The van der Waals surface area contributed by atoms with Gasteiger partial charge < -0.3 is 9.84 Å². The van der Waals surface area contributed by atoms with E-state index in [0.717, 1.165) is 12.1 Å². The average Bonchev–Trinajstić information content (AvgIpc) is 2.83. The monoisotopic (exact) mass is 345 g/mol. The Morgan fingerprint density at radius 3 is 2.59 bits per heavy atom. The van der Waals surface area contributed by atoms with Gasteiger partial charge in [0.15, 0.2) is 0 Å². The fourth-order valence-corrected chi connectivity index (χ4v) is 4.19. The van der Waals surface area contributed by atoms with Gasteiger partial charge in [-0.1, -0.05) is 0 Å². The first-order chi connectivity index (χ1) is 10.2. The van der Waals surface area contributed by atoms with Gasteiger partial charge in [-0.2, -0.15) is 0 Å². The SMILES string of the molecule is COc1cc(F)ccc1NS(=O)(=O)c1cc(C)c(C(=O)O)s1. The third-order valence-corrected chi connectivity index (χ3v) is 5.83. The minimum Gasteiger partial charge on any atom is -0.494 e. The molecule has 0 aliphatic rings. The van der Waals surface area contributed by atoms with Crippen LogP contribution in [0, 0.1) is 12.7 Å². The Morgan fingerprint density at radius 1 is 1.36 bits per heavy atom. The summed E-state index contributed by atoms with van der Waals surface area (Å²) in [5.41, 5.74) is 0.413. The zero-order chi connectivity index (χ0) is 16.5. The van der Waals surface area contributed by atoms with Crippen LogP contribution in [-0.4, -0.2) is 26.6 Å². The van der Waals surface area contributed by atoms with Crippen molar-refractivity contribution >= 4 is 33.0 Å². The number of hydrogen-bond donors (Lipinski definition) is 2. The van der Waals surface area contributed by atoms with Crippen molar-refractivity contribution < 1.29 is 27.4 Å². The number of carbonyl (C=O) groups is 1. The van der Waals surface area contributed by atoms with Gasteiger partial charge in [-0.15, -0.1) is 11.3 Å². The van der Waals surface area contributed by atoms with Crippen LogP contribution >= 0.6 is 11.3 Å². The number of thiophene rings is 1. The van der Waals surface area contributed by atoms with E-state index in [1.54, 1.807) is 0 Å². The molecule has 6 nitrogen and oxygen atoms in total. The van der Waals surface area contributed by atoms with Crippen LogP contribution < -0.4 is 9.46 Å². The molecule has 2 aromatic rings. The summed E-state index contributed by atoms with van der Waals surface area (Å²) in [4.78, 5) is 10.9. The fourth-order valence-electron chi connectivity index (χ4n) is 1.74. The van der Waals surface area contributed by atoms with E-state index in [9.17, 15) is 17.6 Å². The zero-order valence-corrected chi connectivity index (χ0v) is 13.2. The van der Waals surface area contributed by atoms with Crippen molar-refractivity contribution in [2.24, 2.45) is 0 Å². The smallest absolute Gasteiger partial charge is 0.346 e. The van der Waals surface area contributed by atoms with E-state index < -0.39 is 21.8 Å². The largest absolute Gasteiger partial charge is 0.494 e. The first-order valence-corrected chi connectivity index (χ1v) is 8.24. The van der Waals surface area contributed by atoms with E-state index in [0.29, 0.717) is 16.9 Å². The molecule has 118 valence electrons. The van der Waals surface area contributed by atoms with Crippen molar-refractivity contribution in [3.63, 3.8) is 0 Å². The molecule has 1 aromatic carbocycles. The van der Waals surface area contributed by atoms with Crippen LogP contribution in [0.3, 0.4) is 0 Å². The van der Waals surface area contributed by atoms with Gasteiger partial charge in [-0.25, -0.2) is 17.6 Å². The molecular weight excluding hydrogens is 333 g/mol. The zero-order valence-electron chi connectivity index (χ0n) is 11.6. The number of hydrogen-bond acceptors (Lipinski definition) is 5. The normalized spacial score (nSPS) is 11.2. The molecule has 2 N–H and O–H groups in total. The van der Waals surface area contributed by atoms with Crippen LogP contribution in [0.1, 0.15) is 15.2 Å². The summed E-state index contributed by atoms with van der Waals surface area (Å²) in [6.07, 6.45) is 0. The highest BCUT2D eigenvalue weighted by Gasteiger charge is 2.23. The molecule has 0 radical (unpaired) electrons. The van der Waals surface area contributed by atoms with E-state index in [1.165, 1.54) is 26.2 Å². The minimum atomic E-state index is -3.99. The maximum absolute atomic E-state index is 13.1. The van der Waals surface area contributed by atoms with Crippen LogP contribution in [0.5, 0.6) is 5.75 Å². The third-order valence-electron chi connectivity index (χ3n) is 2.76. The summed E-state index contributed by atoms with van der Waals surface area (Å²) >= 11 is 0.646. The number of anilines is 1. The maximum Gasteiger partial charge on any atom is 0.346 e. The number of nitrogens with one attached hydrogen (secondary N) is 1. The van der Waals surface area contributed by atoms with E-state index in [1.807, 2.05) is 0 Å². The number of ether oxygens (including phenoxy) is 1. The molecule has 0 atom stereocenters. The number of carboxylic acid groups (broad SMARTS) is 1. The Bertz CT molecular complexity index is 829. The van der Waals surface area contributed by atoms with Gasteiger partial charge in [0.2, 0.25) is 0 Å². The van der Waals surface area contributed by atoms with Gasteiger partial charge in [-0.05, 0) is 30.7 Å². The molecule has 0 unspecified atom stereocenters. The fraction of sp³-hybridized carbons (Fsp3) is 0.154. The molecule has 0 fully saturated rings. The second-order valence-electron chi connectivity index (χ2n) is 4.33. The third kappa shape index (κ3) is 3.20. The summed E-state index contributed by atoms with van der Waals surface area (Å²) < 4.78 is 44.7. The van der Waals surface area contributed by atoms with Crippen LogP contribution in [0.2, 0.25) is 0 Å². The Kier molecular flexibility index (Phi) is 4.38. The number of rotatable bonds is 5. The van der Waals surface area contributed by atoms with Gasteiger partial charge in [0.05, 0.1) is 12.8 Å². The number of aryl methyl sites for hydroxylation is 1. The van der Waals surface area contributed by atoms with Crippen molar-refractivity contribution in [1.82, 2.24) is 0 Å². The topological polar surface area (TPSA) is 92.7 Å². The molecule has 2 rings (SSSR count). The summed E-state index contributed by atoms with van der Waals surface area (Å²) in [5, 5.41) is 8.98. The molecule has 0 saturated carbocycles. The Balaban J connectivity index is 2.40. The summed E-state index contributed by atoms with van der Waals surface area (Å²) in [6.45, 7) is 1.51. The molecule has 1 aromatic heterocycles. The Hall–Kier alpha value is -2.13. The van der Waals surface area contributed by atoms with E-state index in [2.05, 4.69) is 4.72 Å². The number of halogens is 1. The first-order valence-electron chi connectivity index (χ1n) is 5.94. The van der Waals surface area contributed by atoms with Crippen molar-refractivity contribution in [1.29, 1.82) is 0 Å². The highest BCUT2D eigenvalue weighted by atomic mass is 32.2. The molecule has 1 heterocycles. The molecule has 0 saturated heterocycles. The van der Waals surface area contributed by atoms with Crippen molar-refractivity contribution in [2.75, 3.05) is 11.8 Å². The van der Waals surface area contributed by atoms with E-state index in [4.69, 9.17) is 9.84 Å². The van der Waals surface area contributed by atoms with Crippen molar-refractivity contribution in [3.05, 3.63) is 40.5 Å². The second kappa shape index (κ2) is 5.93. The molecule has 0 amide bonds. The van der Waals surface area contributed by atoms with E-state index >= 15 is 0 Å². The molecule has 0 aliphatic carbocycles. The highest BCUT2D eigenvalue weighted by Crippen LogP contribution is 2.31. The number of carboxylic acids is 1. The number of methoxy groups -OCH3 is 1. The molecule has 9 heteroatoms.